The normalized spacial score (nSPS) is 11.2. The molecule has 0 radical (unpaired) electrons. The number of thiazole rings is 1. The second-order valence-electron chi connectivity index (χ2n) is 6.54. The second-order valence-corrected chi connectivity index (χ2v) is 8.22. The zero-order valence-corrected chi connectivity index (χ0v) is 19.5. The molecule has 0 saturated heterocycles. The predicted molar refractivity (Wildman–Crippen MR) is 128 cm³/mol. The molecular weight excluding hydrogens is 471 g/mol. The van der Waals surface area contributed by atoms with Crippen molar-refractivity contribution in [3.05, 3.63) is 63.5 Å². The molecule has 1 N–H and O–H groups in total. The minimum atomic E-state index is -0.363. The van der Waals surface area contributed by atoms with E-state index in [0.717, 1.165) is 16.8 Å². The number of amides is 1. The van der Waals surface area contributed by atoms with E-state index in [1.54, 1.807) is 48.0 Å². The fourth-order valence-electron chi connectivity index (χ4n) is 3.00. The third-order valence-corrected chi connectivity index (χ3v) is 5.82. The van der Waals surface area contributed by atoms with Gasteiger partial charge in [0, 0.05) is 22.0 Å². The lowest BCUT2D eigenvalue weighted by molar-refractivity contribution is -0.111. The Morgan fingerprint density at radius 1 is 1.22 bits per heavy atom. The van der Waals surface area contributed by atoms with Crippen molar-refractivity contribution in [2.24, 2.45) is 0 Å². The summed E-state index contributed by atoms with van der Waals surface area (Å²) in [5.74, 6) is 1.07. The van der Waals surface area contributed by atoms with Gasteiger partial charge in [-0.1, -0.05) is 29.3 Å². The largest absolute Gasteiger partial charge is 0.493 e. The molecule has 0 bridgehead atoms. The molecular formula is C22H18Cl2N4O3S. The first kappa shape index (κ1) is 22.1. The lowest BCUT2D eigenvalue weighted by Crippen LogP contribution is -2.09. The number of nitrogens with one attached hydrogen (secondary N) is 1. The fraction of sp³-hybridized carbons (Fsp3) is 0.136. The molecule has 4 aromatic rings. The highest BCUT2D eigenvalue weighted by Crippen LogP contribution is 2.33. The van der Waals surface area contributed by atoms with E-state index in [2.05, 4.69) is 15.4 Å². The summed E-state index contributed by atoms with van der Waals surface area (Å²) in [6, 6.07) is 10.6. The number of hydrogen-bond acceptors (Lipinski definition) is 6. The Morgan fingerprint density at radius 3 is 2.84 bits per heavy atom. The van der Waals surface area contributed by atoms with E-state index >= 15 is 0 Å². The number of methoxy groups -OCH3 is 1. The van der Waals surface area contributed by atoms with Crippen molar-refractivity contribution >= 4 is 57.4 Å². The van der Waals surface area contributed by atoms with Crippen molar-refractivity contribution in [2.45, 2.75) is 6.92 Å². The van der Waals surface area contributed by atoms with E-state index < -0.39 is 0 Å². The van der Waals surface area contributed by atoms with Crippen LogP contribution in [0.25, 0.3) is 22.3 Å². The Kier molecular flexibility index (Phi) is 6.64. The highest BCUT2D eigenvalue weighted by Gasteiger charge is 2.15. The highest BCUT2D eigenvalue weighted by atomic mass is 35.5. The minimum absolute atomic E-state index is 0.190. The molecule has 32 heavy (non-hydrogen) atoms. The highest BCUT2D eigenvalue weighted by molar-refractivity contribution is 7.15. The topological polar surface area (TPSA) is 77.8 Å². The summed E-state index contributed by atoms with van der Waals surface area (Å²) in [5.41, 5.74) is 2.26. The number of fused-ring (bicyclic) bond motifs is 1. The van der Waals surface area contributed by atoms with Crippen LogP contribution in [0.3, 0.4) is 0 Å². The van der Waals surface area contributed by atoms with Crippen LogP contribution >= 0.6 is 34.5 Å². The second kappa shape index (κ2) is 9.60. The van der Waals surface area contributed by atoms with Gasteiger partial charge in [-0.15, -0.1) is 16.4 Å². The number of benzene rings is 2. The van der Waals surface area contributed by atoms with Crippen LogP contribution in [0.15, 0.2) is 47.9 Å². The third kappa shape index (κ3) is 4.72. The van der Waals surface area contributed by atoms with Crippen LogP contribution in [-0.2, 0) is 4.79 Å². The Bertz CT molecular complexity index is 1320. The Hall–Kier alpha value is -3.07. The molecule has 0 unspecified atom stereocenters. The van der Waals surface area contributed by atoms with Gasteiger partial charge in [-0.25, -0.2) is 4.52 Å². The molecule has 2 heterocycles. The zero-order chi connectivity index (χ0) is 22.7. The number of halogens is 2. The molecule has 4 rings (SSSR count). The van der Waals surface area contributed by atoms with E-state index in [1.165, 1.54) is 17.4 Å². The molecule has 164 valence electrons. The Balaban J connectivity index is 1.51. The van der Waals surface area contributed by atoms with Crippen molar-refractivity contribution in [2.75, 3.05) is 19.0 Å². The number of carbonyl (C=O) groups is 1. The SMILES string of the molecule is CCOc1ccc(/C=C/C(=O)Nc2nc3scc(-c4cc(Cl)ccc4Cl)n3n2)cc1OC. The average Bonchev–Trinajstić information content (AvgIpc) is 3.35. The molecule has 10 heteroatoms. The predicted octanol–water partition coefficient (Wildman–Crippen LogP) is 5.82. The molecule has 0 aliphatic heterocycles. The molecule has 0 aliphatic rings. The number of hydrogen-bond donors (Lipinski definition) is 1. The summed E-state index contributed by atoms with van der Waals surface area (Å²) in [4.78, 5) is 17.4. The maximum Gasteiger partial charge on any atom is 0.250 e. The first-order chi connectivity index (χ1) is 15.5. The summed E-state index contributed by atoms with van der Waals surface area (Å²) in [6.45, 7) is 2.44. The van der Waals surface area contributed by atoms with Crippen LogP contribution in [-0.4, -0.2) is 34.2 Å². The summed E-state index contributed by atoms with van der Waals surface area (Å²) in [6.07, 6.45) is 3.07. The van der Waals surface area contributed by atoms with E-state index in [1.807, 2.05) is 18.4 Å². The number of carbonyl (C=O) groups excluding carboxylic acids is 1. The average molecular weight is 489 g/mol. The van der Waals surface area contributed by atoms with Gasteiger partial charge < -0.3 is 9.47 Å². The molecule has 0 aliphatic carbocycles. The van der Waals surface area contributed by atoms with Crippen molar-refractivity contribution in [1.82, 2.24) is 14.6 Å². The van der Waals surface area contributed by atoms with Crippen molar-refractivity contribution in [3.63, 3.8) is 0 Å². The van der Waals surface area contributed by atoms with Crippen LogP contribution in [0.1, 0.15) is 12.5 Å². The maximum absolute atomic E-state index is 12.4. The molecule has 1 amide bonds. The summed E-state index contributed by atoms with van der Waals surface area (Å²) >= 11 is 13.8. The third-order valence-electron chi connectivity index (χ3n) is 4.44. The Morgan fingerprint density at radius 2 is 2.06 bits per heavy atom. The number of rotatable bonds is 7. The van der Waals surface area contributed by atoms with Gasteiger partial charge >= 0.3 is 0 Å². The lowest BCUT2D eigenvalue weighted by atomic mass is 10.2. The summed E-state index contributed by atoms with van der Waals surface area (Å²) in [7, 11) is 1.57. The van der Waals surface area contributed by atoms with E-state index in [4.69, 9.17) is 32.7 Å². The first-order valence-corrected chi connectivity index (χ1v) is 11.2. The maximum atomic E-state index is 12.4. The van der Waals surface area contributed by atoms with Crippen LogP contribution in [0.2, 0.25) is 10.0 Å². The Labute approximate surface area is 198 Å². The molecule has 0 spiro atoms. The summed E-state index contributed by atoms with van der Waals surface area (Å²) in [5, 5.41) is 10.1. The van der Waals surface area contributed by atoms with Crippen LogP contribution < -0.4 is 14.8 Å². The van der Waals surface area contributed by atoms with Gasteiger partial charge in [0.15, 0.2) is 11.5 Å². The van der Waals surface area contributed by atoms with Gasteiger partial charge in [-0.05, 0) is 48.9 Å². The number of nitrogens with zero attached hydrogens (tertiary/aromatic N) is 3. The quantitative estimate of drug-likeness (QED) is 0.331. The van der Waals surface area contributed by atoms with Gasteiger partial charge in [0.25, 0.3) is 11.9 Å². The van der Waals surface area contributed by atoms with E-state index in [9.17, 15) is 4.79 Å². The van der Waals surface area contributed by atoms with Gasteiger partial charge in [-0.3, -0.25) is 10.1 Å². The monoisotopic (exact) mass is 488 g/mol. The van der Waals surface area contributed by atoms with Gasteiger partial charge in [-0.2, -0.15) is 4.98 Å². The van der Waals surface area contributed by atoms with Crippen LogP contribution in [0.4, 0.5) is 5.95 Å². The zero-order valence-electron chi connectivity index (χ0n) is 17.1. The van der Waals surface area contributed by atoms with Gasteiger partial charge in [0.2, 0.25) is 4.96 Å². The fourth-order valence-corrected chi connectivity index (χ4v) is 4.21. The minimum Gasteiger partial charge on any atom is -0.493 e. The lowest BCUT2D eigenvalue weighted by Gasteiger charge is -2.09. The summed E-state index contributed by atoms with van der Waals surface area (Å²) < 4.78 is 12.5. The molecule has 2 aromatic heterocycles. The molecule has 0 saturated carbocycles. The molecule has 0 atom stereocenters. The number of aromatic nitrogens is 3. The van der Waals surface area contributed by atoms with Gasteiger partial charge in [0.05, 0.1) is 24.4 Å². The molecule has 7 nitrogen and oxygen atoms in total. The van der Waals surface area contributed by atoms with Crippen molar-refractivity contribution in [1.29, 1.82) is 0 Å². The van der Waals surface area contributed by atoms with Crippen molar-refractivity contribution in [3.8, 4) is 22.8 Å². The van der Waals surface area contributed by atoms with Crippen molar-refractivity contribution < 1.29 is 14.3 Å². The first-order valence-electron chi connectivity index (χ1n) is 9.58. The van der Waals surface area contributed by atoms with Crippen LogP contribution in [0.5, 0.6) is 11.5 Å². The number of ether oxygens (including phenoxy) is 2. The number of anilines is 1. The molecule has 0 fully saturated rings. The van der Waals surface area contributed by atoms with E-state index in [0.29, 0.717) is 33.1 Å². The standard InChI is InChI=1S/C22H18Cl2N4O3S/c1-3-31-18-8-4-13(10-19(18)30-2)5-9-20(29)25-21-26-22-28(27-21)17(12-32-22)15-11-14(23)6-7-16(15)24/h4-12H,3H2,1-2H3,(H,25,27,29)/b9-5+. The smallest absolute Gasteiger partial charge is 0.250 e. The van der Waals surface area contributed by atoms with Crippen LogP contribution in [0, 0.1) is 0 Å². The molecule has 2 aromatic carbocycles. The van der Waals surface area contributed by atoms with Gasteiger partial charge in [0.1, 0.15) is 0 Å². The van der Waals surface area contributed by atoms with E-state index in [-0.39, 0.29) is 11.9 Å².